The number of fused-ring (bicyclic) bond motifs is 1. The molecule has 24 heavy (non-hydrogen) atoms. The molecule has 1 amide bonds. The molecule has 1 aromatic heterocycles. The number of rotatable bonds is 4. The van der Waals surface area contributed by atoms with E-state index in [4.69, 9.17) is 4.74 Å². The summed E-state index contributed by atoms with van der Waals surface area (Å²) in [6.07, 6.45) is 10.5. The van der Waals surface area contributed by atoms with Crippen molar-refractivity contribution in [1.29, 1.82) is 0 Å². The smallest absolute Gasteiger partial charge is 0.255 e. The van der Waals surface area contributed by atoms with Gasteiger partial charge in [-0.2, -0.15) is 0 Å². The minimum absolute atomic E-state index is 0.0443. The number of carbonyl (C=O) groups excluding carboxylic acids is 1. The zero-order chi connectivity index (χ0) is 16.4. The fraction of sp³-hybridized carbons (Fsp3) is 0.474. The molecule has 0 spiro atoms. The summed E-state index contributed by atoms with van der Waals surface area (Å²) in [4.78, 5) is 17.1. The van der Waals surface area contributed by atoms with Gasteiger partial charge in [-0.25, -0.2) is 4.98 Å². The zero-order valence-electron chi connectivity index (χ0n) is 13.8. The first-order valence-corrected chi connectivity index (χ1v) is 8.86. The summed E-state index contributed by atoms with van der Waals surface area (Å²) in [6, 6.07) is 7.72. The molecule has 1 fully saturated rings. The summed E-state index contributed by atoms with van der Waals surface area (Å²) in [5.41, 5.74) is 0.640. The molecular weight excluding hydrogens is 302 g/mol. The van der Waals surface area contributed by atoms with Crippen molar-refractivity contribution in [3.05, 3.63) is 48.0 Å². The monoisotopic (exact) mass is 325 g/mol. The Kier molecular flexibility index (Phi) is 4.24. The van der Waals surface area contributed by atoms with Crippen molar-refractivity contribution in [3.63, 3.8) is 0 Å². The standard InChI is InChI=1S/C19H23N3O2/c23-19(21-14-9-10-18-20-11-12-22(18)13-14)16-7-3-4-8-17(16)24-15-5-1-2-6-15/h3-4,7-8,11-12,14-15H,1-2,5-6,9-10,13H2,(H,21,23)/t14-/m0/s1. The Labute approximate surface area is 142 Å². The number of amides is 1. The summed E-state index contributed by atoms with van der Waals surface area (Å²) in [7, 11) is 0. The zero-order valence-corrected chi connectivity index (χ0v) is 13.8. The fourth-order valence-electron chi connectivity index (χ4n) is 3.69. The molecule has 2 aliphatic rings. The van der Waals surface area contributed by atoms with Gasteiger partial charge in [0.15, 0.2) is 0 Å². The van der Waals surface area contributed by atoms with Crippen molar-refractivity contribution < 1.29 is 9.53 Å². The van der Waals surface area contributed by atoms with E-state index in [2.05, 4.69) is 14.9 Å². The Morgan fingerprint density at radius 2 is 2.04 bits per heavy atom. The Hall–Kier alpha value is -2.30. The summed E-state index contributed by atoms with van der Waals surface area (Å²) in [5, 5.41) is 3.16. The highest BCUT2D eigenvalue weighted by Crippen LogP contribution is 2.27. The van der Waals surface area contributed by atoms with Gasteiger partial charge in [-0.15, -0.1) is 0 Å². The quantitative estimate of drug-likeness (QED) is 0.940. The fourth-order valence-corrected chi connectivity index (χ4v) is 3.69. The molecule has 0 unspecified atom stereocenters. The number of benzene rings is 1. The van der Waals surface area contributed by atoms with Crippen molar-refractivity contribution in [1.82, 2.24) is 14.9 Å². The van der Waals surface area contributed by atoms with E-state index < -0.39 is 0 Å². The van der Waals surface area contributed by atoms with E-state index in [1.165, 1.54) is 12.8 Å². The number of hydrogen-bond acceptors (Lipinski definition) is 3. The Morgan fingerprint density at radius 1 is 1.21 bits per heavy atom. The van der Waals surface area contributed by atoms with Crippen LogP contribution in [0.25, 0.3) is 0 Å². The molecule has 0 bridgehead atoms. The SMILES string of the molecule is O=C(N[C@H]1CCc2nccn2C1)c1ccccc1OC1CCCC1. The first-order valence-electron chi connectivity index (χ1n) is 8.86. The van der Waals surface area contributed by atoms with Crippen molar-refractivity contribution in [2.24, 2.45) is 0 Å². The van der Waals surface area contributed by atoms with Gasteiger partial charge < -0.3 is 14.6 Å². The lowest BCUT2D eigenvalue weighted by Gasteiger charge is -2.25. The number of aromatic nitrogens is 2. The lowest BCUT2D eigenvalue weighted by molar-refractivity contribution is 0.0920. The van der Waals surface area contributed by atoms with Crippen LogP contribution >= 0.6 is 0 Å². The van der Waals surface area contributed by atoms with Gasteiger partial charge in [-0.05, 0) is 44.2 Å². The maximum absolute atomic E-state index is 12.7. The molecule has 1 saturated carbocycles. The first-order chi connectivity index (χ1) is 11.8. The summed E-state index contributed by atoms with van der Waals surface area (Å²) >= 11 is 0. The number of aryl methyl sites for hydroxylation is 1. The number of imidazole rings is 1. The molecule has 1 aliphatic carbocycles. The average Bonchev–Trinajstić information content (AvgIpc) is 3.26. The lowest BCUT2D eigenvalue weighted by atomic mass is 10.1. The molecule has 4 rings (SSSR count). The van der Waals surface area contributed by atoms with Gasteiger partial charge in [0, 0.05) is 31.4 Å². The molecule has 126 valence electrons. The van der Waals surface area contributed by atoms with E-state index >= 15 is 0 Å². The average molecular weight is 325 g/mol. The third-order valence-electron chi connectivity index (χ3n) is 5.00. The predicted molar refractivity (Wildman–Crippen MR) is 91.1 cm³/mol. The number of carbonyl (C=O) groups is 1. The molecule has 0 saturated heterocycles. The van der Waals surface area contributed by atoms with Crippen LogP contribution in [0.1, 0.15) is 48.3 Å². The number of ether oxygens (including phenoxy) is 1. The van der Waals surface area contributed by atoms with E-state index in [9.17, 15) is 4.79 Å². The highest BCUT2D eigenvalue weighted by atomic mass is 16.5. The summed E-state index contributed by atoms with van der Waals surface area (Å²) in [6.45, 7) is 0.784. The molecule has 2 aromatic rings. The van der Waals surface area contributed by atoms with E-state index in [1.807, 2.05) is 36.7 Å². The molecular formula is C19H23N3O2. The van der Waals surface area contributed by atoms with Crippen LogP contribution in [0.4, 0.5) is 0 Å². The minimum Gasteiger partial charge on any atom is -0.490 e. The molecule has 1 atom stereocenters. The van der Waals surface area contributed by atoms with Crippen LogP contribution in [-0.4, -0.2) is 27.6 Å². The number of para-hydroxylation sites is 1. The summed E-state index contributed by atoms with van der Waals surface area (Å²) < 4.78 is 8.20. The van der Waals surface area contributed by atoms with Crippen LogP contribution in [0.3, 0.4) is 0 Å². The highest BCUT2D eigenvalue weighted by molar-refractivity contribution is 5.97. The van der Waals surface area contributed by atoms with Gasteiger partial charge >= 0.3 is 0 Å². The second kappa shape index (κ2) is 6.67. The van der Waals surface area contributed by atoms with E-state index in [1.54, 1.807) is 0 Å². The highest BCUT2D eigenvalue weighted by Gasteiger charge is 2.23. The van der Waals surface area contributed by atoms with Crippen LogP contribution < -0.4 is 10.1 Å². The largest absolute Gasteiger partial charge is 0.490 e. The molecule has 1 aliphatic heterocycles. The number of nitrogens with zero attached hydrogens (tertiary/aromatic N) is 2. The van der Waals surface area contributed by atoms with Crippen molar-refractivity contribution >= 4 is 5.91 Å². The van der Waals surface area contributed by atoms with Gasteiger partial charge in [-0.1, -0.05) is 12.1 Å². The molecule has 1 N–H and O–H groups in total. The topological polar surface area (TPSA) is 56.2 Å². The van der Waals surface area contributed by atoms with Gasteiger partial charge in [0.25, 0.3) is 5.91 Å². The maximum Gasteiger partial charge on any atom is 0.255 e. The third-order valence-corrected chi connectivity index (χ3v) is 5.00. The van der Waals surface area contributed by atoms with Crippen molar-refractivity contribution in [2.45, 2.75) is 57.2 Å². The molecule has 5 heteroatoms. The molecule has 1 aromatic carbocycles. The first kappa shape index (κ1) is 15.2. The number of nitrogens with one attached hydrogen (secondary N) is 1. The Morgan fingerprint density at radius 3 is 2.92 bits per heavy atom. The maximum atomic E-state index is 12.7. The van der Waals surface area contributed by atoms with Crippen LogP contribution in [-0.2, 0) is 13.0 Å². The molecule has 5 nitrogen and oxygen atoms in total. The van der Waals surface area contributed by atoms with Gasteiger partial charge in [0.05, 0.1) is 11.7 Å². The van der Waals surface area contributed by atoms with Crippen molar-refractivity contribution in [2.75, 3.05) is 0 Å². The van der Waals surface area contributed by atoms with Gasteiger partial charge in [-0.3, -0.25) is 4.79 Å². The number of hydrogen-bond donors (Lipinski definition) is 1. The van der Waals surface area contributed by atoms with Crippen LogP contribution in [0.5, 0.6) is 5.75 Å². The van der Waals surface area contributed by atoms with E-state index in [-0.39, 0.29) is 18.1 Å². The van der Waals surface area contributed by atoms with E-state index in [0.29, 0.717) is 11.3 Å². The van der Waals surface area contributed by atoms with Gasteiger partial charge in [0.2, 0.25) is 0 Å². The lowest BCUT2D eigenvalue weighted by Crippen LogP contribution is -2.41. The Bertz CT molecular complexity index is 719. The minimum atomic E-state index is -0.0443. The van der Waals surface area contributed by atoms with Gasteiger partial charge in [0.1, 0.15) is 11.6 Å². The third kappa shape index (κ3) is 3.16. The predicted octanol–water partition coefficient (Wildman–Crippen LogP) is 2.95. The normalized spacial score (nSPS) is 20.6. The molecule has 0 radical (unpaired) electrons. The van der Waals surface area contributed by atoms with E-state index in [0.717, 1.165) is 38.1 Å². The Balaban J connectivity index is 1.44. The molecule has 2 heterocycles. The van der Waals surface area contributed by atoms with Crippen LogP contribution in [0.15, 0.2) is 36.7 Å². The van der Waals surface area contributed by atoms with Crippen molar-refractivity contribution in [3.8, 4) is 5.75 Å². The second-order valence-corrected chi connectivity index (χ2v) is 6.73. The van der Waals surface area contributed by atoms with Crippen LogP contribution in [0, 0.1) is 0 Å². The second-order valence-electron chi connectivity index (χ2n) is 6.73. The van der Waals surface area contributed by atoms with Crippen LogP contribution in [0.2, 0.25) is 0 Å². The summed E-state index contributed by atoms with van der Waals surface area (Å²) in [5.74, 6) is 1.77.